The fourth-order valence-corrected chi connectivity index (χ4v) is 2.21. The number of rotatable bonds is 8. The molecule has 2 aromatic rings. The van der Waals surface area contributed by atoms with E-state index in [1.807, 2.05) is 31.3 Å². The zero-order valence-electron chi connectivity index (χ0n) is 15.7. The zero-order valence-corrected chi connectivity index (χ0v) is 15.7. The molecule has 0 bridgehead atoms. The Labute approximate surface area is 165 Å². The lowest BCUT2D eigenvalue weighted by molar-refractivity contribution is -0.150. The van der Waals surface area contributed by atoms with Crippen molar-refractivity contribution in [1.29, 1.82) is 0 Å². The number of aryl methyl sites for hydroxylation is 2. The summed E-state index contributed by atoms with van der Waals surface area (Å²) in [6.07, 6.45) is 0. The van der Waals surface area contributed by atoms with Crippen molar-refractivity contribution in [3.63, 3.8) is 0 Å². The second kappa shape index (κ2) is 10.2. The van der Waals surface area contributed by atoms with Gasteiger partial charge in [-0.05, 0) is 55.3 Å². The first-order chi connectivity index (χ1) is 13.7. The van der Waals surface area contributed by atoms with Crippen molar-refractivity contribution in [2.24, 2.45) is 0 Å². The number of ether oxygens (including phenoxy) is 3. The van der Waals surface area contributed by atoms with E-state index in [-0.39, 0.29) is 11.3 Å². The number of nitrogens with one attached hydrogen (secondary N) is 1. The molecule has 0 atom stereocenters. The second-order valence-corrected chi connectivity index (χ2v) is 6.00. The molecule has 0 unspecified atom stereocenters. The number of halogens is 2. The van der Waals surface area contributed by atoms with Crippen LogP contribution in [0.1, 0.15) is 21.5 Å². The van der Waals surface area contributed by atoms with Gasteiger partial charge >= 0.3 is 12.6 Å². The largest absolute Gasteiger partial charge is 0.482 e. The molecule has 2 amide bonds. The summed E-state index contributed by atoms with van der Waals surface area (Å²) in [6, 6.07) is 10.3. The predicted molar refractivity (Wildman–Crippen MR) is 97.9 cm³/mol. The van der Waals surface area contributed by atoms with Crippen molar-refractivity contribution in [3.8, 4) is 11.5 Å². The summed E-state index contributed by atoms with van der Waals surface area (Å²) in [4.78, 5) is 35.4. The summed E-state index contributed by atoms with van der Waals surface area (Å²) in [6.45, 7) is -0.342. The van der Waals surface area contributed by atoms with Crippen molar-refractivity contribution >= 4 is 17.8 Å². The summed E-state index contributed by atoms with van der Waals surface area (Å²) >= 11 is 0. The maximum Gasteiger partial charge on any atom is 0.387 e. The number of benzene rings is 2. The summed E-state index contributed by atoms with van der Waals surface area (Å²) < 4.78 is 38.5. The van der Waals surface area contributed by atoms with Gasteiger partial charge in [0.25, 0.3) is 11.8 Å². The highest BCUT2D eigenvalue weighted by atomic mass is 19.3. The highest BCUT2D eigenvalue weighted by molar-refractivity contribution is 6.05. The standard InChI is InChI=1S/C20H19F2NO6/c1-12-3-4-13(2)16(9-12)27-11-18(25)28-10-17(24)23-19(26)14-5-7-15(8-6-14)29-20(21)22/h3-9,20H,10-11H2,1-2H3,(H,23,24,26). The summed E-state index contributed by atoms with van der Waals surface area (Å²) in [7, 11) is 0. The van der Waals surface area contributed by atoms with Gasteiger partial charge in [-0.15, -0.1) is 0 Å². The van der Waals surface area contributed by atoms with Crippen LogP contribution in [0.4, 0.5) is 8.78 Å². The number of alkyl halides is 2. The molecule has 0 aromatic heterocycles. The lowest BCUT2D eigenvalue weighted by Gasteiger charge is -2.10. The molecule has 1 N–H and O–H groups in total. The molecule has 0 spiro atoms. The smallest absolute Gasteiger partial charge is 0.387 e. The number of amides is 2. The number of esters is 1. The minimum absolute atomic E-state index is 0.0459. The average Bonchev–Trinajstić information content (AvgIpc) is 2.67. The maximum atomic E-state index is 12.1. The second-order valence-electron chi connectivity index (χ2n) is 6.00. The molecule has 0 heterocycles. The van der Waals surface area contributed by atoms with E-state index < -0.39 is 37.6 Å². The minimum atomic E-state index is -2.98. The van der Waals surface area contributed by atoms with E-state index in [1.54, 1.807) is 6.07 Å². The quantitative estimate of drug-likeness (QED) is 0.677. The summed E-state index contributed by atoms with van der Waals surface area (Å²) in [5, 5.41) is 2.02. The third kappa shape index (κ3) is 7.21. The van der Waals surface area contributed by atoms with Gasteiger partial charge in [0, 0.05) is 5.56 Å². The van der Waals surface area contributed by atoms with Gasteiger partial charge in [0.2, 0.25) is 0 Å². The van der Waals surface area contributed by atoms with E-state index in [1.165, 1.54) is 12.1 Å². The highest BCUT2D eigenvalue weighted by Gasteiger charge is 2.14. The highest BCUT2D eigenvalue weighted by Crippen LogP contribution is 2.19. The minimum Gasteiger partial charge on any atom is -0.482 e. The molecule has 0 saturated heterocycles. The van der Waals surface area contributed by atoms with Gasteiger partial charge in [-0.25, -0.2) is 4.79 Å². The topological polar surface area (TPSA) is 90.9 Å². The van der Waals surface area contributed by atoms with Crippen LogP contribution >= 0.6 is 0 Å². The first kappa shape index (κ1) is 21.8. The predicted octanol–water partition coefficient (Wildman–Crippen LogP) is 2.78. The van der Waals surface area contributed by atoms with Gasteiger partial charge in [0.1, 0.15) is 11.5 Å². The van der Waals surface area contributed by atoms with Crippen LogP contribution in [0.25, 0.3) is 0 Å². The molecular formula is C20H19F2NO6. The molecule has 29 heavy (non-hydrogen) atoms. The number of hydrogen-bond acceptors (Lipinski definition) is 6. The molecule has 154 valence electrons. The SMILES string of the molecule is Cc1ccc(C)c(OCC(=O)OCC(=O)NC(=O)c2ccc(OC(F)F)cc2)c1. The Balaban J connectivity index is 1.76. The molecule has 9 heteroatoms. The van der Waals surface area contributed by atoms with Crippen LogP contribution in [0.15, 0.2) is 42.5 Å². The molecule has 7 nitrogen and oxygen atoms in total. The molecule has 2 rings (SSSR count). The van der Waals surface area contributed by atoms with Crippen LogP contribution in [-0.4, -0.2) is 37.6 Å². The first-order valence-corrected chi connectivity index (χ1v) is 8.49. The molecular weight excluding hydrogens is 388 g/mol. The Morgan fingerprint density at radius 2 is 1.69 bits per heavy atom. The van der Waals surface area contributed by atoms with Crippen LogP contribution in [0.2, 0.25) is 0 Å². The van der Waals surface area contributed by atoms with E-state index in [4.69, 9.17) is 9.47 Å². The Hall–Kier alpha value is -3.49. The molecule has 2 aromatic carbocycles. The Kier molecular flexibility index (Phi) is 7.64. The van der Waals surface area contributed by atoms with E-state index >= 15 is 0 Å². The summed E-state index contributed by atoms with van der Waals surface area (Å²) in [5.41, 5.74) is 1.85. The van der Waals surface area contributed by atoms with Crippen LogP contribution in [0.5, 0.6) is 11.5 Å². The van der Waals surface area contributed by atoms with Crippen LogP contribution in [0.3, 0.4) is 0 Å². The van der Waals surface area contributed by atoms with Crippen molar-refractivity contribution in [1.82, 2.24) is 5.32 Å². The molecule has 0 aliphatic rings. The fraction of sp³-hybridized carbons (Fsp3) is 0.250. The lowest BCUT2D eigenvalue weighted by atomic mass is 10.1. The molecule has 0 fully saturated rings. The van der Waals surface area contributed by atoms with E-state index in [2.05, 4.69) is 4.74 Å². The molecule has 0 saturated carbocycles. The van der Waals surface area contributed by atoms with Gasteiger partial charge in [-0.3, -0.25) is 14.9 Å². The van der Waals surface area contributed by atoms with E-state index in [0.717, 1.165) is 23.3 Å². The first-order valence-electron chi connectivity index (χ1n) is 8.49. The third-order valence-electron chi connectivity index (χ3n) is 3.65. The third-order valence-corrected chi connectivity index (χ3v) is 3.65. The number of carbonyl (C=O) groups excluding carboxylic acids is 3. The van der Waals surface area contributed by atoms with Gasteiger partial charge < -0.3 is 14.2 Å². The van der Waals surface area contributed by atoms with Gasteiger partial charge in [-0.2, -0.15) is 8.78 Å². The van der Waals surface area contributed by atoms with Crippen LogP contribution in [0, 0.1) is 13.8 Å². The molecule has 0 aliphatic carbocycles. The van der Waals surface area contributed by atoms with E-state index in [0.29, 0.717) is 5.75 Å². The Morgan fingerprint density at radius 1 is 1.00 bits per heavy atom. The van der Waals surface area contributed by atoms with Gasteiger partial charge in [0.15, 0.2) is 13.2 Å². The summed E-state index contributed by atoms with van der Waals surface area (Å²) in [5.74, 6) is -1.99. The van der Waals surface area contributed by atoms with Crippen LogP contribution < -0.4 is 14.8 Å². The normalized spacial score (nSPS) is 10.4. The molecule has 0 aliphatic heterocycles. The van der Waals surface area contributed by atoms with E-state index in [9.17, 15) is 23.2 Å². The number of carbonyl (C=O) groups is 3. The van der Waals surface area contributed by atoms with Crippen molar-refractivity contribution < 1.29 is 37.4 Å². The zero-order chi connectivity index (χ0) is 21.4. The van der Waals surface area contributed by atoms with Crippen molar-refractivity contribution in [2.75, 3.05) is 13.2 Å². The fourth-order valence-electron chi connectivity index (χ4n) is 2.21. The van der Waals surface area contributed by atoms with Crippen molar-refractivity contribution in [3.05, 3.63) is 59.2 Å². The van der Waals surface area contributed by atoms with Crippen LogP contribution in [-0.2, 0) is 14.3 Å². The average molecular weight is 407 g/mol. The lowest BCUT2D eigenvalue weighted by Crippen LogP contribution is -2.34. The monoisotopic (exact) mass is 407 g/mol. The maximum absolute atomic E-state index is 12.1. The van der Waals surface area contributed by atoms with Crippen molar-refractivity contribution in [2.45, 2.75) is 20.5 Å². The van der Waals surface area contributed by atoms with Gasteiger partial charge in [0.05, 0.1) is 0 Å². The Bertz CT molecular complexity index is 883. The molecule has 0 radical (unpaired) electrons. The number of hydrogen-bond donors (Lipinski definition) is 1. The Morgan fingerprint density at radius 3 is 2.34 bits per heavy atom. The number of imide groups is 1. The van der Waals surface area contributed by atoms with Gasteiger partial charge in [-0.1, -0.05) is 12.1 Å².